The lowest BCUT2D eigenvalue weighted by Gasteiger charge is -2.07. The molecule has 4 rings (SSSR count). The van der Waals surface area contributed by atoms with Crippen molar-refractivity contribution in [1.82, 2.24) is 15.1 Å². The number of amides is 1. The van der Waals surface area contributed by atoms with Gasteiger partial charge in [0.05, 0.1) is 17.1 Å². The summed E-state index contributed by atoms with van der Waals surface area (Å²) in [5.41, 5.74) is 5.45. The van der Waals surface area contributed by atoms with Gasteiger partial charge in [-0.15, -0.1) is 0 Å². The summed E-state index contributed by atoms with van der Waals surface area (Å²) in [6.45, 7) is 2.54. The summed E-state index contributed by atoms with van der Waals surface area (Å²) in [6.07, 6.45) is 0.835. The number of aromatic nitrogens is 2. The second-order valence-corrected chi connectivity index (χ2v) is 7.54. The van der Waals surface area contributed by atoms with Crippen molar-refractivity contribution in [3.05, 3.63) is 108 Å². The predicted octanol–water partition coefficient (Wildman–Crippen LogP) is 5.24. The van der Waals surface area contributed by atoms with Crippen molar-refractivity contribution in [1.29, 1.82) is 0 Å². The number of aryl methyl sites for hydroxylation is 2. The van der Waals surface area contributed by atoms with Gasteiger partial charge in [0, 0.05) is 24.9 Å². The topological polar surface area (TPSA) is 46.9 Å². The zero-order valence-electron chi connectivity index (χ0n) is 17.4. The SMILES string of the molecule is Cc1cccc(CNC(=O)CCc2cc(-c3cccc(F)c3)n(-c3ccccc3)n2)c1. The van der Waals surface area contributed by atoms with E-state index in [1.54, 1.807) is 10.7 Å². The second kappa shape index (κ2) is 9.39. The van der Waals surface area contributed by atoms with E-state index in [1.807, 2.05) is 67.6 Å². The van der Waals surface area contributed by atoms with Crippen LogP contribution in [-0.4, -0.2) is 15.7 Å². The highest BCUT2D eigenvalue weighted by molar-refractivity contribution is 5.76. The van der Waals surface area contributed by atoms with Gasteiger partial charge in [-0.25, -0.2) is 9.07 Å². The number of halogens is 1. The number of nitrogens with one attached hydrogen (secondary N) is 1. The number of benzene rings is 3. The number of hydrogen-bond donors (Lipinski definition) is 1. The van der Waals surface area contributed by atoms with E-state index >= 15 is 0 Å². The number of carbonyl (C=O) groups excluding carboxylic acids is 1. The van der Waals surface area contributed by atoms with Gasteiger partial charge in [0.1, 0.15) is 5.82 Å². The van der Waals surface area contributed by atoms with Crippen LogP contribution in [0.5, 0.6) is 0 Å². The highest BCUT2D eigenvalue weighted by atomic mass is 19.1. The van der Waals surface area contributed by atoms with Gasteiger partial charge in [-0.2, -0.15) is 5.10 Å². The predicted molar refractivity (Wildman–Crippen MR) is 120 cm³/mol. The molecule has 0 atom stereocenters. The molecule has 0 radical (unpaired) electrons. The summed E-state index contributed by atoms with van der Waals surface area (Å²) in [5.74, 6) is -0.321. The molecule has 1 aromatic heterocycles. The maximum Gasteiger partial charge on any atom is 0.220 e. The largest absolute Gasteiger partial charge is 0.352 e. The molecule has 1 amide bonds. The van der Waals surface area contributed by atoms with Gasteiger partial charge >= 0.3 is 0 Å². The summed E-state index contributed by atoms with van der Waals surface area (Å²) in [7, 11) is 0. The van der Waals surface area contributed by atoms with E-state index in [0.717, 1.165) is 28.2 Å². The molecule has 0 fully saturated rings. The first-order valence-electron chi connectivity index (χ1n) is 10.3. The molecule has 4 aromatic rings. The quantitative estimate of drug-likeness (QED) is 0.451. The Morgan fingerprint density at radius 3 is 2.55 bits per heavy atom. The van der Waals surface area contributed by atoms with Crippen molar-refractivity contribution >= 4 is 5.91 Å². The molecule has 5 heteroatoms. The molecule has 0 saturated carbocycles. The van der Waals surface area contributed by atoms with E-state index in [9.17, 15) is 9.18 Å². The first kappa shape index (κ1) is 20.5. The Morgan fingerprint density at radius 2 is 1.77 bits per heavy atom. The Morgan fingerprint density at radius 1 is 0.968 bits per heavy atom. The van der Waals surface area contributed by atoms with Crippen LogP contribution in [0.1, 0.15) is 23.2 Å². The van der Waals surface area contributed by atoms with Gasteiger partial charge in [0.25, 0.3) is 0 Å². The summed E-state index contributed by atoms with van der Waals surface area (Å²) in [6, 6.07) is 26.2. The second-order valence-electron chi connectivity index (χ2n) is 7.54. The van der Waals surface area contributed by atoms with Crippen molar-refractivity contribution < 1.29 is 9.18 Å². The van der Waals surface area contributed by atoms with Gasteiger partial charge < -0.3 is 5.32 Å². The molecule has 1 heterocycles. The first-order chi connectivity index (χ1) is 15.1. The van der Waals surface area contributed by atoms with Crippen molar-refractivity contribution in [3.63, 3.8) is 0 Å². The van der Waals surface area contributed by atoms with Gasteiger partial charge in [0.2, 0.25) is 5.91 Å². The molecule has 3 aromatic carbocycles. The maximum atomic E-state index is 13.8. The summed E-state index contributed by atoms with van der Waals surface area (Å²) in [5, 5.41) is 7.67. The molecule has 0 saturated heterocycles. The first-order valence-corrected chi connectivity index (χ1v) is 10.3. The highest BCUT2D eigenvalue weighted by Crippen LogP contribution is 2.25. The number of nitrogens with zero attached hydrogens (tertiary/aromatic N) is 2. The third-order valence-corrected chi connectivity index (χ3v) is 5.06. The molecule has 31 heavy (non-hydrogen) atoms. The summed E-state index contributed by atoms with van der Waals surface area (Å²) >= 11 is 0. The third-order valence-electron chi connectivity index (χ3n) is 5.06. The molecule has 0 spiro atoms. The minimum Gasteiger partial charge on any atom is -0.352 e. The van der Waals surface area contributed by atoms with Gasteiger partial charge in [-0.1, -0.05) is 60.2 Å². The van der Waals surface area contributed by atoms with Gasteiger partial charge in [0.15, 0.2) is 0 Å². The van der Waals surface area contributed by atoms with Crippen LogP contribution >= 0.6 is 0 Å². The minimum absolute atomic E-state index is 0.0249. The molecule has 0 unspecified atom stereocenters. The summed E-state index contributed by atoms with van der Waals surface area (Å²) in [4.78, 5) is 12.4. The highest BCUT2D eigenvalue weighted by Gasteiger charge is 2.13. The smallest absolute Gasteiger partial charge is 0.220 e. The number of hydrogen-bond acceptors (Lipinski definition) is 2. The van der Waals surface area contributed by atoms with E-state index in [4.69, 9.17) is 5.10 Å². The van der Waals surface area contributed by atoms with Crippen LogP contribution in [-0.2, 0) is 17.8 Å². The monoisotopic (exact) mass is 413 g/mol. The van der Waals surface area contributed by atoms with Crippen LogP contribution in [0.3, 0.4) is 0 Å². The lowest BCUT2D eigenvalue weighted by Crippen LogP contribution is -2.23. The van der Waals surface area contributed by atoms with Crippen LogP contribution in [0.4, 0.5) is 4.39 Å². The lowest BCUT2D eigenvalue weighted by molar-refractivity contribution is -0.121. The number of para-hydroxylation sites is 1. The Labute approximate surface area is 181 Å². The summed E-state index contributed by atoms with van der Waals surface area (Å²) < 4.78 is 15.6. The van der Waals surface area contributed by atoms with E-state index < -0.39 is 0 Å². The number of carbonyl (C=O) groups is 1. The van der Waals surface area contributed by atoms with E-state index in [-0.39, 0.29) is 11.7 Å². The minimum atomic E-state index is -0.296. The average molecular weight is 413 g/mol. The molecular weight excluding hydrogens is 389 g/mol. The third kappa shape index (κ3) is 5.25. The Hall–Kier alpha value is -3.73. The Bertz CT molecular complexity index is 1180. The molecule has 0 bridgehead atoms. The van der Waals surface area contributed by atoms with Crippen molar-refractivity contribution in [2.24, 2.45) is 0 Å². The zero-order valence-corrected chi connectivity index (χ0v) is 17.4. The Kier molecular flexibility index (Phi) is 6.22. The fraction of sp³-hybridized carbons (Fsp3) is 0.154. The van der Waals surface area contributed by atoms with Crippen LogP contribution < -0.4 is 5.32 Å². The zero-order chi connectivity index (χ0) is 21.6. The molecule has 0 aliphatic rings. The van der Waals surface area contributed by atoms with Crippen LogP contribution in [0.2, 0.25) is 0 Å². The number of rotatable bonds is 7. The van der Waals surface area contributed by atoms with Gasteiger partial charge in [-0.3, -0.25) is 4.79 Å². The Balaban J connectivity index is 1.49. The molecule has 156 valence electrons. The van der Waals surface area contributed by atoms with Crippen molar-refractivity contribution in [3.8, 4) is 16.9 Å². The standard InChI is InChI=1S/C26H24FN3O/c1-19-7-5-8-20(15-19)18-28-26(31)14-13-23-17-25(21-9-6-10-22(27)16-21)30(29-23)24-11-3-2-4-12-24/h2-12,15-17H,13-14,18H2,1H3,(H,28,31). The van der Waals surface area contributed by atoms with E-state index in [2.05, 4.69) is 11.4 Å². The van der Waals surface area contributed by atoms with E-state index in [1.165, 1.54) is 17.7 Å². The molecular formula is C26H24FN3O. The fourth-order valence-electron chi connectivity index (χ4n) is 3.52. The van der Waals surface area contributed by atoms with Crippen LogP contribution in [0.25, 0.3) is 16.9 Å². The van der Waals surface area contributed by atoms with Crippen molar-refractivity contribution in [2.75, 3.05) is 0 Å². The van der Waals surface area contributed by atoms with E-state index in [0.29, 0.717) is 19.4 Å². The fourth-order valence-corrected chi connectivity index (χ4v) is 3.52. The molecule has 4 nitrogen and oxygen atoms in total. The van der Waals surface area contributed by atoms with Gasteiger partial charge in [-0.05, 0) is 42.8 Å². The lowest BCUT2D eigenvalue weighted by atomic mass is 10.1. The van der Waals surface area contributed by atoms with Crippen LogP contribution in [0, 0.1) is 12.7 Å². The average Bonchev–Trinajstić information content (AvgIpc) is 3.21. The molecule has 0 aliphatic heterocycles. The van der Waals surface area contributed by atoms with Crippen molar-refractivity contribution in [2.45, 2.75) is 26.3 Å². The maximum absolute atomic E-state index is 13.8. The molecule has 1 N–H and O–H groups in total. The van der Waals surface area contributed by atoms with Crippen LogP contribution in [0.15, 0.2) is 84.9 Å². The molecule has 0 aliphatic carbocycles. The normalized spacial score (nSPS) is 10.8.